The van der Waals surface area contributed by atoms with Crippen molar-refractivity contribution in [1.82, 2.24) is 0 Å². The van der Waals surface area contributed by atoms with Gasteiger partial charge in [-0.1, -0.05) is 135 Å². The Morgan fingerprint density at radius 3 is 1.95 bits per heavy atom. The van der Waals surface area contributed by atoms with Crippen LogP contribution in [-0.2, 0) is 13.8 Å². The van der Waals surface area contributed by atoms with Crippen molar-refractivity contribution in [3.63, 3.8) is 0 Å². The van der Waals surface area contributed by atoms with Crippen LogP contribution in [0.3, 0.4) is 0 Å². The zero-order valence-electron chi connectivity index (χ0n) is 27.9. The van der Waals surface area contributed by atoms with Gasteiger partial charge < -0.3 is 28.6 Å². The number of hydrogen-bond acceptors (Lipinski definition) is 7. The van der Waals surface area contributed by atoms with Gasteiger partial charge in [0.1, 0.15) is 5.71 Å². The van der Waals surface area contributed by atoms with E-state index in [0.717, 1.165) is 18.1 Å². The molecule has 238 valence electrons. The average molecular weight is 651 g/mol. The van der Waals surface area contributed by atoms with E-state index in [4.69, 9.17) is 4.74 Å². The Kier molecular flexibility index (Phi) is 34.6. The van der Waals surface area contributed by atoms with Crippen molar-refractivity contribution < 1.29 is 87.7 Å². The van der Waals surface area contributed by atoms with Gasteiger partial charge in [0.05, 0.1) is 12.7 Å². The van der Waals surface area contributed by atoms with Crippen LogP contribution in [0, 0.1) is 5.92 Å². The van der Waals surface area contributed by atoms with Crippen molar-refractivity contribution in [3.05, 3.63) is 0 Å². The number of carbonyl (C=O) groups excluding carboxylic acids is 1. The zero-order valence-corrected chi connectivity index (χ0v) is 33.6. The van der Waals surface area contributed by atoms with Crippen molar-refractivity contribution in [2.24, 2.45) is 5.92 Å². The zero-order chi connectivity index (χ0) is 29.3. The molecule has 3 atom stereocenters. The Morgan fingerprint density at radius 2 is 1.36 bits per heavy atom. The summed E-state index contributed by atoms with van der Waals surface area (Å²) in [5.74, 6) is 2.20. The minimum atomic E-state index is -4.92. The molecule has 0 heterocycles. The molecule has 1 aliphatic rings. The van der Waals surface area contributed by atoms with Gasteiger partial charge in [-0.25, -0.2) is 0 Å². The van der Waals surface area contributed by atoms with E-state index in [9.17, 15) is 19.4 Å². The molecular formula is C32H61Na2O6PS. The molecule has 1 unspecified atom stereocenters. The summed E-state index contributed by atoms with van der Waals surface area (Å²) in [6.07, 6.45) is 30.5. The van der Waals surface area contributed by atoms with E-state index >= 15 is 0 Å². The molecule has 1 saturated carbocycles. The van der Waals surface area contributed by atoms with Crippen LogP contribution in [0.5, 0.6) is 0 Å². The van der Waals surface area contributed by atoms with E-state index in [0.29, 0.717) is 18.3 Å². The fourth-order valence-corrected chi connectivity index (χ4v) is 7.57. The molecule has 1 fully saturated rings. The van der Waals surface area contributed by atoms with E-state index in [2.05, 4.69) is 18.4 Å². The van der Waals surface area contributed by atoms with Crippen LogP contribution in [0.2, 0.25) is 0 Å². The fraction of sp³-hybridized carbons (Fsp3) is 0.969. The van der Waals surface area contributed by atoms with Crippen LogP contribution >= 0.6 is 19.4 Å². The topological polar surface area (TPSA) is 98.7 Å². The first kappa shape index (κ1) is 46.1. The molecule has 1 rings (SSSR count). The molecule has 0 aromatic carbocycles. The molecule has 0 aromatic heterocycles. The summed E-state index contributed by atoms with van der Waals surface area (Å²) in [7, 11) is -4.92. The third kappa shape index (κ3) is 26.0. The average Bonchev–Trinajstić information content (AvgIpc) is 2.94. The van der Waals surface area contributed by atoms with Crippen molar-refractivity contribution in [3.8, 4) is 0 Å². The number of rotatable bonds is 28. The number of hydrogen-bond donors (Lipinski definition) is 0. The van der Waals surface area contributed by atoms with Crippen LogP contribution in [0.15, 0.2) is 0 Å². The minimum Gasteiger partial charge on any atom is -0.774 e. The first-order valence-corrected chi connectivity index (χ1v) is 19.4. The van der Waals surface area contributed by atoms with Gasteiger partial charge >= 0.3 is 59.1 Å². The van der Waals surface area contributed by atoms with E-state index in [1.165, 1.54) is 135 Å². The Hall–Kier alpha value is 1.93. The van der Waals surface area contributed by atoms with Crippen LogP contribution in [-0.4, -0.2) is 36.0 Å². The molecule has 6 nitrogen and oxygen atoms in total. The summed E-state index contributed by atoms with van der Waals surface area (Å²) in [6, 6.07) is 0. The first-order chi connectivity index (χ1) is 19.4. The van der Waals surface area contributed by atoms with E-state index in [-0.39, 0.29) is 71.8 Å². The normalized spacial score (nSPS) is 16.6. The second-order valence-electron chi connectivity index (χ2n) is 12.0. The number of carbonyl (C=O) groups is 1. The maximum atomic E-state index is 11.2. The van der Waals surface area contributed by atoms with Gasteiger partial charge in [-0.15, -0.1) is 0 Å². The maximum absolute atomic E-state index is 11.2. The SMILES string of the molecule is CCCCCCC[C@@H](SCCCCCCCCCCCCC1CCCCC1)[C@H](C)OCCCOP(=O)([O-])C(=O)[O-].[Na+].[Na+]. The van der Waals surface area contributed by atoms with Crippen molar-refractivity contribution >= 4 is 25.1 Å². The Morgan fingerprint density at radius 1 is 0.810 bits per heavy atom. The van der Waals surface area contributed by atoms with Crippen LogP contribution in [0.4, 0.5) is 4.79 Å². The summed E-state index contributed by atoms with van der Waals surface area (Å²) in [5.41, 5.74) is -2.17. The predicted molar refractivity (Wildman–Crippen MR) is 166 cm³/mol. The van der Waals surface area contributed by atoms with E-state index in [1.807, 2.05) is 11.8 Å². The Bertz CT molecular complexity index is 654. The maximum Gasteiger partial charge on any atom is 1.00 e. The molecule has 0 aromatic rings. The third-order valence-corrected chi connectivity index (χ3v) is 10.9. The smallest absolute Gasteiger partial charge is 0.774 e. The van der Waals surface area contributed by atoms with Crippen LogP contribution < -0.4 is 69.1 Å². The van der Waals surface area contributed by atoms with Gasteiger partial charge in [0.15, 0.2) is 7.60 Å². The van der Waals surface area contributed by atoms with Gasteiger partial charge in [0.25, 0.3) is 0 Å². The van der Waals surface area contributed by atoms with Crippen molar-refractivity contribution in [1.29, 1.82) is 0 Å². The first-order valence-electron chi connectivity index (χ1n) is 16.8. The second-order valence-corrected chi connectivity index (χ2v) is 14.9. The molecule has 0 N–H and O–H groups in total. The number of carboxylic acid groups (broad SMARTS) is 1. The van der Waals surface area contributed by atoms with Crippen molar-refractivity contribution in [2.45, 2.75) is 173 Å². The molecule has 1 aliphatic carbocycles. The number of ether oxygens (including phenoxy) is 1. The molecule has 42 heavy (non-hydrogen) atoms. The Labute approximate surface area is 307 Å². The minimum absolute atomic E-state index is 0. The molecule has 0 spiro atoms. The Balaban J connectivity index is 0. The van der Waals surface area contributed by atoms with E-state index in [1.54, 1.807) is 0 Å². The summed E-state index contributed by atoms with van der Waals surface area (Å²) in [6.45, 7) is 4.48. The van der Waals surface area contributed by atoms with Gasteiger partial charge in [-0.05, 0) is 37.9 Å². The van der Waals surface area contributed by atoms with Gasteiger partial charge in [-0.2, -0.15) is 11.8 Å². The largest absolute Gasteiger partial charge is 1.00 e. The summed E-state index contributed by atoms with van der Waals surface area (Å²) < 4.78 is 21.6. The molecule has 0 bridgehead atoms. The molecule has 0 radical (unpaired) electrons. The molecule has 0 amide bonds. The quantitative estimate of drug-likeness (QED) is 0.0730. The van der Waals surface area contributed by atoms with Gasteiger partial charge in [0.2, 0.25) is 0 Å². The van der Waals surface area contributed by atoms with E-state index < -0.39 is 13.3 Å². The van der Waals surface area contributed by atoms with Crippen LogP contribution in [0.25, 0.3) is 0 Å². The van der Waals surface area contributed by atoms with Gasteiger partial charge in [-0.3, -0.25) is 0 Å². The van der Waals surface area contributed by atoms with Crippen molar-refractivity contribution in [2.75, 3.05) is 19.0 Å². The molecule has 10 heteroatoms. The third-order valence-electron chi connectivity index (χ3n) is 8.33. The summed E-state index contributed by atoms with van der Waals surface area (Å²) in [4.78, 5) is 21.7. The summed E-state index contributed by atoms with van der Waals surface area (Å²) >= 11 is 2.02. The monoisotopic (exact) mass is 650 g/mol. The predicted octanol–water partition coefficient (Wildman–Crippen LogP) is 3.04. The fourth-order valence-electron chi connectivity index (χ4n) is 5.74. The standard InChI is InChI=1S/C32H63O6PS.2Na/c1-3-4-5-12-19-25-31(29(2)37-26-21-27-38-39(35,36)32(33)34)40-28-20-14-11-9-7-6-8-10-13-16-22-30-23-17-15-18-24-30;;/h29-31H,3-28H2,1-2H3,(H,33,34)(H,35,36);;/q;2*+1/p-2/t29-,31+;;/m0../s1. The number of unbranched alkanes of at least 4 members (excludes halogenated alkanes) is 13. The van der Waals surface area contributed by atoms with Crippen LogP contribution in [0.1, 0.15) is 162 Å². The molecule has 0 aliphatic heterocycles. The number of thioether (sulfide) groups is 1. The van der Waals surface area contributed by atoms with Gasteiger partial charge in [0, 0.05) is 11.9 Å². The molecule has 0 saturated heterocycles. The molecular weight excluding hydrogens is 589 g/mol. The summed E-state index contributed by atoms with van der Waals surface area (Å²) in [5, 5.41) is 10.9. The second kappa shape index (κ2) is 31.5.